The van der Waals surface area contributed by atoms with Crippen molar-refractivity contribution in [2.75, 3.05) is 13.1 Å². The molecule has 1 saturated heterocycles. The molecule has 3 heteroatoms. The summed E-state index contributed by atoms with van der Waals surface area (Å²) in [4.78, 5) is 14.3. The number of likely N-dealkylation sites (tertiary alicyclic amines) is 1. The molecule has 3 nitrogen and oxygen atoms in total. The summed E-state index contributed by atoms with van der Waals surface area (Å²) in [5.41, 5.74) is 6.35. The van der Waals surface area contributed by atoms with E-state index in [2.05, 4.69) is 18.7 Å². The van der Waals surface area contributed by atoms with Crippen LogP contribution < -0.4 is 5.73 Å². The van der Waals surface area contributed by atoms with Crippen LogP contribution >= 0.6 is 0 Å². The maximum atomic E-state index is 12.2. The Labute approximate surface area is 97.4 Å². The van der Waals surface area contributed by atoms with Crippen molar-refractivity contribution in [3.8, 4) is 0 Å². The fourth-order valence-electron chi connectivity index (χ4n) is 3.60. The maximum absolute atomic E-state index is 12.2. The van der Waals surface area contributed by atoms with Gasteiger partial charge in [0.2, 0.25) is 5.91 Å². The lowest BCUT2D eigenvalue weighted by molar-refractivity contribution is -0.132. The number of carbonyl (C=O) groups excluding carboxylic acids is 1. The van der Waals surface area contributed by atoms with Gasteiger partial charge in [-0.2, -0.15) is 0 Å². The highest BCUT2D eigenvalue weighted by molar-refractivity contribution is 5.82. The lowest BCUT2D eigenvalue weighted by Crippen LogP contribution is -2.35. The number of hydrogen-bond acceptors (Lipinski definition) is 2. The first kappa shape index (κ1) is 10.6. The number of rotatable bonds is 1. The zero-order valence-corrected chi connectivity index (χ0v) is 10.3. The lowest BCUT2D eigenvalue weighted by atomic mass is 9.98. The number of carbonyl (C=O) groups is 1. The Morgan fingerprint density at radius 3 is 2.56 bits per heavy atom. The van der Waals surface area contributed by atoms with Gasteiger partial charge >= 0.3 is 0 Å². The zero-order chi connectivity index (χ0) is 11.5. The molecular formula is C13H22N2O. The highest BCUT2D eigenvalue weighted by Gasteiger charge is 2.54. The number of fused-ring (bicyclic) bond motifs is 1. The zero-order valence-electron chi connectivity index (χ0n) is 10.3. The number of amides is 1. The minimum atomic E-state index is 0.261. The first-order valence-electron chi connectivity index (χ1n) is 6.53. The van der Waals surface area contributed by atoms with Gasteiger partial charge < -0.3 is 10.6 Å². The fraction of sp³-hybridized carbons (Fsp3) is 0.923. The number of nitrogens with zero attached hydrogens (tertiary/aromatic N) is 1. The normalized spacial score (nSPS) is 44.6. The Hall–Kier alpha value is -0.570. The van der Waals surface area contributed by atoms with E-state index in [-0.39, 0.29) is 5.41 Å². The largest absolute Gasteiger partial charge is 0.342 e. The van der Waals surface area contributed by atoms with Crippen LogP contribution in [0.4, 0.5) is 0 Å². The van der Waals surface area contributed by atoms with Crippen molar-refractivity contribution in [2.24, 2.45) is 28.9 Å². The van der Waals surface area contributed by atoms with E-state index in [1.807, 2.05) is 0 Å². The molecule has 0 bridgehead atoms. The average Bonchev–Trinajstić information content (AvgIpc) is 2.63. The van der Waals surface area contributed by atoms with Gasteiger partial charge in [-0.15, -0.1) is 0 Å². The molecule has 0 aromatic carbocycles. The lowest BCUT2D eigenvalue weighted by Gasteiger charge is -2.19. The average molecular weight is 222 g/mol. The van der Waals surface area contributed by atoms with Crippen LogP contribution in [0.1, 0.15) is 33.1 Å². The molecule has 0 spiro atoms. The van der Waals surface area contributed by atoms with E-state index in [1.54, 1.807) is 0 Å². The van der Waals surface area contributed by atoms with Crippen molar-refractivity contribution >= 4 is 5.91 Å². The van der Waals surface area contributed by atoms with Crippen LogP contribution in [0.15, 0.2) is 0 Å². The van der Waals surface area contributed by atoms with Crippen LogP contribution in [0, 0.1) is 23.2 Å². The van der Waals surface area contributed by atoms with Crippen LogP contribution in [0.3, 0.4) is 0 Å². The Kier molecular flexibility index (Phi) is 2.13. The molecule has 90 valence electrons. The molecule has 3 rings (SSSR count). The molecule has 0 radical (unpaired) electrons. The van der Waals surface area contributed by atoms with Crippen LogP contribution in [0.5, 0.6) is 0 Å². The molecule has 2 aliphatic carbocycles. The molecule has 3 fully saturated rings. The first-order chi connectivity index (χ1) is 7.49. The predicted octanol–water partition coefficient (Wildman–Crippen LogP) is 1.23. The van der Waals surface area contributed by atoms with Crippen LogP contribution in [-0.4, -0.2) is 29.9 Å². The van der Waals surface area contributed by atoms with Crippen LogP contribution in [0.25, 0.3) is 0 Å². The summed E-state index contributed by atoms with van der Waals surface area (Å²) in [6.07, 6.45) is 3.46. The maximum Gasteiger partial charge on any atom is 0.226 e. The van der Waals surface area contributed by atoms with Gasteiger partial charge in [0, 0.05) is 25.0 Å². The molecule has 2 N–H and O–H groups in total. The van der Waals surface area contributed by atoms with Crippen molar-refractivity contribution in [1.29, 1.82) is 0 Å². The summed E-state index contributed by atoms with van der Waals surface area (Å²) >= 11 is 0. The highest BCUT2D eigenvalue weighted by atomic mass is 16.2. The van der Waals surface area contributed by atoms with E-state index in [4.69, 9.17) is 5.73 Å². The summed E-state index contributed by atoms with van der Waals surface area (Å²) in [6.45, 7) is 6.29. The number of nitrogens with two attached hydrogens (primary N) is 1. The third kappa shape index (κ3) is 1.48. The summed E-state index contributed by atoms with van der Waals surface area (Å²) in [5.74, 6) is 1.97. The van der Waals surface area contributed by atoms with Gasteiger partial charge in [-0.05, 0) is 36.5 Å². The minimum absolute atomic E-state index is 0.261. The molecule has 0 aromatic rings. The van der Waals surface area contributed by atoms with Gasteiger partial charge in [0.25, 0.3) is 0 Å². The number of hydrogen-bond donors (Lipinski definition) is 1. The summed E-state index contributed by atoms with van der Waals surface area (Å²) in [5, 5.41) is 0. The SMILES string of the molecule is CC1(C)C[C@@H]1C(=O)N1CC2CCC(N)C2C1. The van der Waals surface area contributed by atoms with Crippen molar-refractivity contribution in [1.82, 2.24) is 4.90 Å². The van der Waals surface area contributed by atoms with Gasteiger partial charge in [0.15, 0.2) is 0 Å². The van der Waals surface area contributed by atoms with Crippen molar-refractivity contribution < 1.29 is 4.79 Å². The molecular weight excluding hydrogens is 200 g/mol. The van der Waals surface area contributed by atoms with E-state index >= 15 is 0 Å². The second-order valence-electron chi connectivity index (χ2n) is 6.65. The predicted molar refractivity (Wildman–Crippen MR) is 62.7 cm³/mol. The Morgan fingerprint density at radius 2 is 2.00 bits per heavy atom. The molecule has 16 heavy (non-hydrogen) atoms. The molecule has 1 heterocycles. The van der Waals surface area contributed by atoms with E-state index < -0.39 is 0 Å². The highest BCUT2D eigenvalue weighted by Crippen LogP contribution is 2.53. The van der Waals surface area contributed by atoms with E-state index in [0.717, 1.165) is 25.9 Å². The van der Waals surface area contributed by atoms with E-state index in [9.17, 15) is 4.79 Å². The summed E-state index contributed by atoms with van der Waals surface area (Å²) < 4.78 is 0. The van der Waals surface area contributed by atoms with Gasteiger partial charge in [0.1, 0.15) is 0 Å². The molecule has 0 aromatic heterocycles. The summed E-state index contributed by atoms with van der Waals surface area (Å²) in [7, 11) is 0. The van der Waals surface area contributed by atoms with Gasteiger partial charge in [-0.25, -0.2) is 0 Å². The van der Waals surface area contributed by atoms with Crippen LogP contribution in [-0.2, 0) is 4.79 Å². The molecule has 1 aliphatic heterocycles. The molecule has 2 saturated carbocycles. The minimum Gasteiger partial charge on any atom is -0.342 e. The van der Waals surface area contributed by atoms with E-state index in [0.29, 0.717) is 29.7 Å². The van der Waals surface area contributed by atoms with Crippen molar-refractivity contribution in [3.05, 3.63) is 0 Å². The van der Waals surface area contributed by atoms with Gasteiger partial charge in [-0.3, -0.25) is 4.79 Å². The Bertz CT molecular complexity index is 326. The topological polar surface area (TPSA) is 46.3 Å². The quantitative estimate of drug-likeness (QED) is 0.725. The van der Waals surface area contributed by atoms with Gasteiger partial charge in [-0.1, -0.05) is 13.8 Å². The summed E-state index contributed by atoms with van der Waals surface area (Å²) in [6, 6.07) is 0.343. The molecule has 4 atom stereocenters. The third-order valence-electron chi connectivity index (χ3n) is 5.04. The van der Waals surface area contributed by atoms with E-state index in [1.165, 1.54) is 6.42 Å². The fourth-order valence-corrected chi connectivity index (χ4v) is 3.60. The van der Waals surface area contributed by atoms with Crippen molar-refractivity contribution in [2.45, 2.75) is 39.2 Å². The first-order valence-corrected chi connectivity index (χ1v) is 6.53. The second-order valence-corrected chi connectivity index (χ2v) is 6.65. The molecule has 1 amide bonds. The Balaban J connectivity index is 1.64. The van der Waals surface area contributed by atoms with Crippen molar-refractivity contribution in [3.63, 3.8) is 0 Å². The standard InChI is InChI=1S/C13H22N2O/c1-13(2)5-10(13)12(16)15-6-8-3-4-11(14)9(8)7-15/h8-11H,3-7,14H2,1-2H3/t8?,9?,10-,11?/m1/s1. The monoisotopic (exact) mass is 222 g/mol. The van der Waals surface area contributed by atoms with Crippen LogP contribution in [0.2, 0.25) is 0 Å². The molecule has 3 unspecified atom stereocenters. The third-order valence-corrected chi connectivity index (χ3v) is 5.04. The van der Waals surface area contributed by atoms with Gasteiger partial charge in [0.05, 0.1) is 0 Å². The smallest absolute Gasteiger partial charge is 0.226 e. The Morgan fingerprint density at radius 1 is 1.31 bits per heavy atom. The second kappa shape index (κ2) is 3.22. The molecule has 3 aliphatic rings.